The first kappa shape index (κ1) is 15.6. The number of amides is 1. The number of piperazine rings is 1. The van der Waals surface area contributed by atoms with Gasteiger partial charge < -0.3 is 15.5 Å². The number of fused-ring (bicyclic) bond motifs is 1. The van der Waals surface area contributed by atoms with Gasteiger partial charge in [-0.25, -0.2) is 9.97 Å². The summed E-state index contributed by atoms with van der Waals surface area (Å²) in [5.74, 6) is 0.512. The molecule has 3 aromatic rings. The molecule has 0 atom stereocenters. The highest BCUT2D eigenvalue weighted by Crippen LogP contribution is 2.22. The summed E-state index contributed by atoms with van der Waals surface area (Å²) in [4.78, 5) is 25.1. The minimum Gasteiger partial charge on any atom is -0.366 e. The first-order valence-electron chi connectivity index (χ1n) is 8.29. The molecule has 0 saturated carbocycles. The lowest BCUT2D eigenvalue weighted by molar-refractivity contribution is 0.100. The van der Waals surface area contributed by atoms with Crippen LogP contribution in [0.5, 0.6) is 0 Å². The van der Waals surface area contributed by atoms with Crippen LogP contribution in [0.4, 0.5) is 5.82 Å². The lowest BCUT2D eigenvalue weighted by Crippen LogP contribution is -2.44. The summed E-state index contributed by atoms with van der Waals surface area (Å²) in [7, 11) is 2.14. The van der Waals surface area contributed by atoms with Gasteiger partial charge in [0.05, 0.1) is 23.0 Å². The van der Waals surface area contributed by atoms with Crippen molar-refractivity contribution >= 4 is 22.8 Å². The van der Waals surface area contributed by atoms with E-state index in [1.807, 2.05) is 35.0 Å². The van der Waals surface area contributed by atoms with E-state index < -0.39 is 5.91 Å². The molecule has 0 bridgehead atoms. The third kappa shape index (κ3) is 2.83. The first-order chi connectivity index (χ1) is 12.1. The molecule has 128 valence electrons. The Bertz CT molecular complexity index is 909. The summed E-state index contributed by atoms with van der Waals surface area (Å²) in [6.07, 6.45) is 3.54. The summed E-state index contributed by atoms with van der Waals surface area (Å²) in [6.45, 7) is 4.06. The number of carbonyl (C=O) groups excluding carboxylic acids is 1. The lowest BCUT2D eigenvalue weighted by Gasteiger charge is -2.33. The highest BCUT2D eigenvalue weighted by Gasteiger charge is 2.16. The summed E-state index contributed by atoms with van der Waals surface area (Å²) >= 11 is 0. The van der Waals surface area contributed by atoms with Crippen LogP contribution >= 0.6 is 0 Å². The van der Waals surface area contributed by atoms with Gasteiger partial charge in [-0.3, -0.25) is 9.36 Å². The molecule has 1 aliphatic rings. The van der Waals surface area contributed by atoms with E-state index in [1.165, 1.54) is 0 Å². The number of benzene rings is 1. The number of imidazole rings is 1. The van der Waals surface area contributed by atoms with E-state index in [9.17, 15) is 4.79 Å². The first-order valence-corrected chi connectivity index (χ1v) is 8.29. The van der Waals surface area contributed by atoms with Crippen molar-refractivity contribution in [3.05, 3.63) is 48.4 Å². The van der Waals surface area contributed by atoms with Gasteiger partial charge in [-0.1, -0.05) is 6.07 Å². The Balaban J connectivity index is 1.65. The molecule has 0 radical (unpaired) electrons. The van der Waals surface area contributed by atoms with Gasteiger partial charge in [-0.2, -0.15) is 0 Å². The fourth-order valence-corrected chi connectivity index (χ4v) is 3.19. The Hall–Kier alpha value is -2.93. The number of carbonyl (C=O) groups is 1. The van der Waals surface area contributed by atoms with Gasteiger partial charge in [0.25, 0.3) is 5.91 Å². The molecule has 1 saturated heterocycles. The van der Waals surface area contributed by atoms with Crippen molar-refractivity contribution in [1.82, 2.24) is 19.4 Å². The molecule has 7 heteroatoms. The maximum Gasteiger partial charge on any atom is 0.250 e. The Morgan fingerprint density at radius 3 is 2.56 bits per heavy atom. The number of anilines is 1. The summed E-state index contributed by atoms with van der Waals surface area (Å²) in [5.41, 5.74) is 8.21. The van der Waals surface area contributed by atoms with Crippen molar-refractivity contribution in [1.29, 1.82) is 0 Å². The topological polar surface area (TPSA) is 80.3 Å². The fraction of sp³-hybridized carbons (Fsp3) is 0.278. The number of nitrogens with two attached hydrogens (primary N) is 1. The second-order valence-electron chi connectivity index (χ2n) is 6.32. The van der Waals surface area contributed by atoms with Crippen LogP contribution in [-0.4, -0.2) is 58.6 Å². The molecule has 7 nitrogen and oxygen atoms in total. The zero-order valence-electron chi connectivity index (χ0n) is 14.1. The van der Waals surface area contributed by atoms with Crippen molar-refractivity contribution in [3.63, 3.8) is 0 Å². The number of aromatic nitrogens is 3. The number of hydrogen-bond donors (Lipinski definition) is 1. The minimum absolute atomic E-state index is 0.429. The molecule has 4 rings (SSSR count). The normalized spacial score (nSPS) is 15.6. The van der Waals surface area contributed by atoms with Crippen LogP contribution in [-0.2, 0) is 0 Å². The van der Waals surface area contributed by atoms with E-state index in [-0.39, 0.29) is 0 Å². The van der Waals surface area contributed by atoms with Crippen molar-refractivity contribution in [2.75, 3.05) is 38.1 Å². The number of nitrogens with zero attached hydrogens (tertiary/aromatic N) is 5. The van der Waals surface area contributed by atoms with Gasteiger partial charge >= 0.3 is 0 Å². The van der Waals surface area contributed by atoms with Crippen LogP contribution in [0.25, 0.3) is 16.7 Å². The molecule has 0 aliphatic carbocycles. The second-order valence-corrected chi connectivity index (χ2v) is 6.32. The molecule has 1 fully saturated rings. The molecule has 3 heterocycles. The van der Waals surface area contributed by atoms with Gasteiger partial charge in [0.1, 0.15) is 17.7 Å². The largest absolute Gasteiger partial charge is 0.366 e. The molecule has 2 N–H and O–H groups in total. The van der Waals surface area contributed by atoms with Crippen LogP contribution < -0.4 is 10.6 Å². The van der Waals surface area contributed by atoms with Crippen molar-refractivity contribution < 1.29 is 4.79 Å². The molecular weight excluding hydrogens is 316 g/mol. The number of primary amides is 1. The molecule has 0 spiro atoms. The van der Waals surface area contributed by atoms with Gasteiger partial charge in [-0.05, 0) is 31.3 Å². The van der Waals surface area contributed by atoms with Crippen molar-refractivity contribution in [2.45, 2.75) is 0 Å². The molecule has 1 amide bonds. The van der Waals surface area contributed by atoms with Crippen LogP contribution in [0.15, 0.2) is 42.9 Å². The third-order valence-corrected chi connectivity index (χ3v) is 4.68. The number of pyridine rings is 1. The van der Waals surface area contributed by atoms with Gasteiger partial charge in [-0.15, -0.1) is 0 Å². The molecule has 0 unspecified atom stereocenters. The number of hydrogen-bond acceptors (Lipinski definition) is 5. The summed E-state index contributed by atoms with van der Waals surface area (Å²) in [6, 6.07) is 9.48. The Morgan fingerprint density at radius 1 is 1.08 bits per heavy atom. The van der Waals surface area contributed by atoms with Gasteiger partial charge in [0.15, 0.2) is 0 Å². The summed E-state index contributed by atoms with van der Waals surface area (Å²) < 4.78 is 1.92. The number of likely N-dealkylation sites (N-methyl/N-ethyl adjacent to an activating group) is 1. The van der Waals surface area contributed by atoms with E-state index in [0.29, 0.717) is 11.1 Å². The highest BCUT2D eigenvalue weighted by atomic mass is 16.1. The smallest absolute Gasteiger partial charge is 0.250 e. The predicted molar refractivity (Wildman–Crippen MR) is 97.1 cm³/mol. The average Bonchev–Trinajstić information content (AvgIpc) is 3.06. The van der Waals surface area contributed by atoms with Crippen molar-refractivity contribution in [3.8, 4) is 5.69 Å². The van der Waals surface area contributed by atoms with Crippen LogP contribution in [0.3, 0.4) is 0 Å². The minimum atomic E-state index is -0.473. The van der Waals surface area contributed by atoms with Crippen LogP contribution in [0.2, 0.25) is 0 Å². The van der Waals surface area contributed by atoms with Crippen LogP contribution in [0.1, 0.15) is 10.4 Å². The van der Waals surface area contributed by atoms with Gasteiger partial charge in [0.2, 0.25) is 0 Å². The van der Waals surface area contributed by atoms with Crippen LogP contribution in [0, 0.1) is 0 Å². The molecule has 25 heavy (non-hydrogen) atoms. The van der Waals surface area contributed by atoms with E-state index in [1.54, 1.807) is 12.4 Å². The predicted octanol–water partition coefficient (Wildman–Crippen LogP) is 1.27. The number of para-hydroxylation sites is 1. The third-order valence-electron chi connectivity index (χ3n) is 4.68. The maximum absolute atomic E-state index is 11.6. The number of rotatable bonds is 3. The highest BCUT2D eigenvalue weighted by molar-refractivity contribution is 6.04. The van der Waals surface area contributed by atoms with E-state index in [2.05, 4.69) is 26.8 Å². The quantitative estimate of drug-likeness (QED) is 0.779. The standard InChI is InChI=1S/C18H20N6O/c1-22-7-9-23(10-8-22)16-6-5-13(11-20-16)24-12-21-17-14(18(19)25)3-2-4-15(17)24/h2-6,11-12H,7-10H2,1H3,(H2,19,25). The fourth-order valence-electron chi connectivity index (χ4n) is 3.19. The van der Waals surface area contributed by atoms with E-state index in [4.69, 9.17) is 5.73 Å². The Labute approximate surface area is 145 Å². The lowest BCUT2D eigenvalue weighted by atomic mass is 10.1. The van der Waals surface area contributed by atoms with E-state index >= 15 is 0 Å². The maximum atomic E-state index is 11.6. The van der Waals surface area contributed by atoms with E-state index in [0.717, 1.165) is 43.2 Å². The zero-order valence-corrected chi connectivity index (χ0v) is 14.1. The average molecular weight is 336 g/mol. The SMILES string of the molecule is CN1CCN(c2ccc(-n3cnc4c(C(N)=O)cccc43)cn2)CC1. The Morgan fingerprint density at radius 2 is 1.88 bits per heavy atom. The molecule has 1 aromatic carbocycles. The Kier molecular flexibility index (Phi) is 3.85. The monoisotopic (exact) mass is 336 g/mol. The molecule has 1 aliphatic heterocycles. The second kappa shape index (κ2) is 6.18. The molecule has 2 aromatic heterocycles. The molecular formula is C18H20N6O. The van der Waals surface area contributed by atoms with Crippen molar-refractivity contribution in [2.24, 2.45) is 5.73 Å². The zero-order chi connectivity index (χ0) is 17.4. The van der Waals surface area contributed by atoms with Gasteiger partial charge in [0, 0.05) is 26.2 Å². The summed E-state index contributed by atoms with van der Waals surface area (Å²) in [5, 5.41) is 0.